The van der Waals surface area contributed by atoms with E-state index in [0.29, 0.717) is 11.6 Å². The van der Waals surface area contributed by atoms with Gasteiger partial charge >= 0.3 is 0 Å². The number of hydrogen-bond donors (Lipinski definition) is 1. The van der Waals surface area contributed by atoms with Gasteiger partial charge < -0.3 is 10.2 Å². The van der Waals surface area contributed by atoms with Crippen LogP contribution in [0.1, 0.15) is 22.9 Å². The fraction of sp³-hybridized carbons (Fsp3) is 0.333. The molecule has 0 aliphatic heterocycles. The van der Waals surface area contributed by atoms with E-state index in [1.54, 1.807) is 6.26 Å². The maximum absolute atomic E-state index is 6.17. The van der Waals surface area contributed by atoms with Gasteiger partial charge in [0.25, 0.3) is 0 Å². The SMILES string of the molecule is Cc1occc1CN(C)C(CN)c1ccc(Br)c(Cl)c1. The largest absolute Gasteiger partial charge is 0.469 e. The van der Waals surface area contributed by atoms with E-state index in [2.05, 4.69) is 27.9 Å². The molecule has 5 heteroatoms. The summed E-state index contributed by atoms with van der Waals surface area (Å²) in [7, 11) is 2.06. The molecule has 0 spiro atoms. The molecule has 2 N–H and O–H groups in total. The molecule has 0 aliphatic carbocycles. The van der Waals surface area contributed by atoms with Crippen LogP contribution in [-0.4, -0.2) is 18.5 Å². The van der Waals surface area contributed by atoms with Crippen molar-refractivity contribution in [3.63, 3.8) is 0 Å². The van der Waals surface area contributed by atoms with Crippen molar-refractivity contribution >= 4 is 27.5 Å². The Labute approximate surface area is 132 Å². The fourth-order valence-electron chi connectivity index (χ4n) is 2.24. The number of furan rings is 1. The molecule has 2 rings (SSSR count). The van der Waals surface area contributed by atoms with Gasteiger partial charge in [0.2, 0.25) is 0 Å². The van der Waals surface area contributed by atoms with Crippen LogP contribution in [0.4, 0.5) is 0 Å². The number of hydrogen-bond acceptors (Lipinski definition) is 3. The first-order chi connectivity index (χ1) is 9.52. The predicted molar refractivity (Wildman–Crippen MR) is 85.9 cm³/mol. The molecule has 1 aromatic heterocycles. The second kappa shape index (κ2) is 6.76. The van der Waals surface area contributed by atoms with Crippen LogP contribution in [0.3, 0.4) is 0 Å². The van der Waals surface area contributed by atoms with E-state index in [4.69, 9.17) is 21.8 Å². The summed E-state index contributed by atoms with van der Waals surface area (Å²) in [4.78, 5) is 2.21. The van der Waals surface area contributed by atoms with Gasteiger partial charge in [-0.1, -0.05) is 17.7 Å². The van der Waals surface area contributed by atoms with E-state index in [1.807, 2.05) is 31.2 Å². The number of rotatable bonds is 5. The topological polar surface area (TPSA) is 42.4 Å². The maximum atomic E-state index is 6.17. The van der Waals surface area contributed by atoms with Gasteiger partial charge in [-0.05, 0) is 53.7 Å². The molecule has 0 amide bonds. The van der Waals surface area contributed by atoms with Crippen molar-refractivity contribution in [3.05, 3.63) is 56.9 Å². The van der Waals surface area contributed by atoms with Gasteiger partial charge in [0, 0.05) is 29.2 Å². The smallest absolute Gasteiger partial charge is 0.105 e. The number of benzene rings is 1. The summed E-state index contributed by atoms with van der Waals surface area (Å²) >= 11 is 9.57. The molecule has 0 saturated carbocycles. The molecule has 108 valence electrons. The van der Waals surface area contributed by atoms with Crippen molar-refractivity contribution in [3.8, 4) is 0 Å². The Morgan fingerprint density at radius 1 is 1.40 bits per heavy atom. The Morgan fingerprint density at radius 3 is 2.70 bits per heavy atom. The minimum absolute atomic E-state index is 0.120. The van der Waals surface area contributed by atoms with Crippen LogP contribution in [0.5, 0.6) is 0 Å². The molecule has 0 radical (unpaired) electrons. The van der Waals surface area contributed by atoms with Gasteiger partial charge in [0.05, 0.1) is 11.3 Å². The van der Waals surface area contributed by atoms with E-state index >= 15 is 0 Å². The van der Waals surface area contributed by atoms with Crippen molar-refractivity contribution in [2.75, 3.05) is 13.6 Å². The van der Waals surface area contributed by atoms with Gasteiger partial charge in [0.15, 0.2) is 0 Å². The highest BCUT2D eigenvalue weighted by atomic mass is 79.9. The molecular formula is C15H18BrClN2O. The van der Waals surface area contributed by atoms with Gasteiger partial charge in [-0.25, -0.2) is 0 Å². The summed E-state index contributed by atoms with van der Waals surface area (Å²) in [5.74, 6) is 0.946. The van der Waals surface area contributed by atoms with Crippen molar-refractivity contribution in [1.82, 2.24) is 4.90 Å². The third-order valence-electron chi connectivity index (χ3n) is 3.47. The van der Waals surface area contributed by atoms with Crippen molar-refractivity contribution in [1.29, 1.82) is 0 Å². The summed E-state index contributed by atoms with van der Waals surface area (Å²) < 4.78 is 6.23. The highest BCUT2D eigenvalue weighted by Gasteiger charge is 2.18. The van der Waals surface area contributed by atoms with Crippen molar-refractivity contribution in [2.24, 2.45) is 5.73 Å². The van der Waals surface area contributed by atoms with Gasteiger partial charge in [-0.15, -0.1) is 0 Å². The first kappa shape index (κ1) is 15.6. The van der Waals surface area contributed by atoms with Crippen LogP contribution < -0.4 is 5.73 Å². The second-order valence-corrected chi connectivity index (χ2v) is 6.10. The molecule has 0 fully saturated rings. The van der Waals surface area contributed by atoms with Gasteiger partial charge in [-0.3, -0.25) is 4.90 Å². The maximum Gasteiger partial charge on any atom is 0.105 e. The third kappa shape index (κ3) is 3.44. The Bertz CT molecular complexity index is 585. The lowest BCUT2D eigenvalue weighted by Gasteiger charge is -2.27. The summed E-state index contributed by atoms with van der Waals surface area (Å²) in [5, 5.41) is 0.703. The van der Waals surface area contributed by atoms with Crippen LogP contribution in [0.25, 0.3) is 0 Å². The van der Waals surface area contributed by atoms with Crippen LogP contribution in [-0.2, 0) is 6.54 Å². The minimum atomic E-state index is 0.120. The standard InChI is InChI=1S/C15H18BrClN2O/c1-10-12(5-6-20-10)9-19(2)15(8-18)11-3-4-13(16)14(17)7-11/h3-7,15H,8-9,18H2,1-2H3. The molecule has 2 aromatic rings. The summed E-state index contributed by atoms with van der Waals surface area (Å²) in [5.41, 5.74) is 8.23. The Balaban J connectivity index is 2.18. The number of halogens is 2. The van der Waals surface area contributed by atoms with Gasteiger partial charge in [0.1, 0.15) is 5.76 Å². The monoisotopic (exact) mass is 356 g/mol. The van der Waals surface area contributed by atoms with E-state index < -0.39 is 0 Å². The highest BCUT2D eigenvalue weighted by molar-refractivity contribution is 9.10. The Kier molecular flexibility index (Phi) is 5.27. The van der Waals surface area contributed by atoms with E-state index in [-0.39, 0.29) is 6.04 Å². The van der Waals surface area contributed by atoms with E-state index in [1.165, 1.54) is 5.56 Å². The minimum Gasteiger partial charge on any atom is -0.469 e. The number of nitrogens with two attached hydrogens (primary N) is 1. The average Bonchev–Trinajstić information content (AvgIpc) is 2.80. The molecular weight excluding hydrogens is 340 g/mol. The summed E-state index contributed by atoms with van der Waals surface area (Å²) in [6.07, 6.45) is 1.71. The summed E-state index contributed by atoms with van der Waals surface area (Å²) in [6, 6.07) is 8.08. The van der Waals surface area contributed by atoms with Crippen LogP contribution in [0, 0.1) is 6.92 Å². The lowest BCUT2D eigenvalue weighted by molar-refractivity contribution is 0.240. The van der Waals surface area contributed by atoms with E-state index in [9.17, 15) is 0 Å². The lowest BCUT2D eigenvalue weighted by Crippen LogP contribution is -2.30. The second-order valence-electron chi connectivity index (χ2n) is 4.84. The molecule has 0 aliphatic rings. The molecule has 1 aromatic carbocycles. The highest BCUT2D eigenvalue weighted by Crippen LogP contribution is 2.28. The average molecular weight is 358 g/mol. The van der Waals surface area contributed by atoms with Crippen molar-refractivity contribution in [2.45, 2.75) is 19.5 Å². The zero-order chi connectivity index (χ0) is 14.7. The molecule has 20 heavy (non-hydrogen) atoms. The number of aryl methyl sites for hydroxylation is 1. The molecule has 1 unspecified atom stereocenters. The van der Waals surface area contributed by atoms with Crippen LogP contribution >= 0.6 is 27.5 Å². The number of likely N-dealkylation sites (N-methyl/N-ethyl adjacent to an activating group) is 1. The van der Waals surface area contributed by atoms with E-state index in [0.717, 1.165) is 22.3 Å². The lowest BCUT2D eigenvalue weighted by atomic mass is 10.1. The molecule has 1 heterocycles. The number of nitrogens with zero attached hydrogens (tertiary/aromatic N) is 1. The first-order valence-corrected chi connectivity index (χ1v) is 7.58. The molecule has 0 bridgehead atoms. The van der Waals surface area contributed by atoms with Crippen LogP contribution in [0.2, 0.25) is 5.02 Å². The Hall–Kier alpha value is -0.810. The third-order valence-corrected chi connectivity index (χ3v) is 4.70. The normalized spacial score (nSPS) is 12.9. The van der Waals surface area contributed by atoms with Crippen LogP contribution in [0.15, 0.2) is 39.4 Å². The molecule has 1 atom stereocenters. The molecule has 0 saturated heterocycles. The predicted octanol–water partition coefficient (Wildman–Crippen LogP) is 4.14. The zero-order valence-electron chi connectivity index (χ0n) is 11.6. The quantitative estimate of drug-likeness (QED) is 0.874. The molecule has 3 nitrogen and oxygen atoms in total. The first-order valence-electron chi connectivity index (χ1n) is 6.41. The Morgan fingerprint density at radius 2 is 2.15 bits per heavy atom. The fourth-order valence-corrected chi connectivity index (χ4v) is 2.68. The summed E-state index contributed by atoms with van der Waals surface area (Å²) in [6.45, 7) is 3.29. The zero-order valence-corrected chi connectivity index (χ0v) is 13.9. The van der Waals surface area contributed by atoms with Crippen molar-refractivity contribution < 1.29 is 4.42 Å². The van der Waals surface area contributed by atoms with Gasteiger partial charge in [-0.2, -0.15) is 0 Å².